The molecule has 0 unspecified atom stereocenters. The first-order chi connectivity index (χ1) is 17.2. The summed E-state index contributed by atoms with van der Waals surface area (Å²) in [5.41, 5.74) is 1.64. The van der Waals surface area contributed by atoms with Gasteiger partial charge in [0.05, 0.1) is 0 Å². The van der Waals surface area contributed by atoms with Gasteiger partial charge >= 0.3 is 12.1 Å². The second kappa shape index (κ2) is 12.2. The van der Waals surface area contributed by atoms with Crippen LogP contribution in [0.25, 0.3) is 0 Å². The van der Waals surface area contributed by atoms with Crippen molar-refractivity contribution in [3.63, 3.8) is 0 Å². The average Bonchev–Trinajstić information content (AvgIpc) is 2.86. The molecule has 0 radical (unpaired) electrons. The van der Waals surface area contributed by atoms with Crippen LogP contribution < -0.4 is 0 Å². The monoisotopic (exact) mass is 495 g/mol. The number of hydrogen-bond acceptors (Lipinski definition) is 5. The highest BCUT2D eigenvalue weighted by Crippen LogP contribution is 2.24. The highest BCUT2D eigenvalue weighted by molar-refractivity contribution is 5.94. The molecule has 0 aromatic heterocycles. The highest BCUT2D eigenvalue weighted by Gasteiger charge is 2.44. The van der Waals surface area contributed by atoms with E-state index in [1.165, 1.54) is 21.7 Å². The molecule has 192 valence electrons. The Morgan fingerprint density at radius 1 is 1.03 bits per heavy atom. The molecule has 9 heteroatoms. The fourth-order valence-electron chi connectivity index (χ4n) is 4.18. The number of rotatable bonds is 10. The van der Waals surface area contributed by atoms with E-state index in [4.69, 9.17) is 4.74 Å². The molecule has 1 aliphatic rings. The number of ether oxygens (including phenoxy) is 1. The van der Waals surface area contributed by atoms with Crippen LogP contribution in [0.1, 0.15) is 31.4 Å². The van der Waals surface area contributed by atoms with E-state index in [-0.39, 0.29) is 25.5 Å². The molecular weight excluding hydrogens is 462 g/mol. The molecule has 1 aliphatic heterocycles. The Balaban J connectivity index is 1.63. The van der Waals surface area contributed by atoms with Crippen molar-refractivity contribution in [2.75, 3.05) is 20.1 Å². The van der Waals surface area contributed by atoms with Gasteiger partial charge in [0.25, 0.3) is 0 Å². The lowest BCUT2D eigenvalue weighted by Gasteiger charge is -2.44. The number of carbonyl (C=O) groups is 4. The smallest absolute Gasteiger partial charge is 0.410 e. The van der Waals surface area contributed by atoms with Crippen LogP contribution >= 0.6 is 0 Å². The van der Waals surface area contributed by atoms with Crippen LogP contribution in [0, 0.1) is 0 Å². The number of benzene rings is 2. The number of carboxylic acid groups (broad SMARTS) is 1. The largest absolute Gasteiger partial charge is 0.480 e. The molecule has 3 rings (SSSR count). The first-order valence-electron chi connectivity index (χ1n) is 12.1. The van der Waals surface area contributed by atoms with Crippen LogP contribution in [0.4, 0.5) is 4.79 Å². The lowest BCUT2D eigenvalue weighted by Crippen LogP contribution is -2.64. The van der Waals surface area contributed by atoms with Crippen LogP contribution in [0.15, 0.2) is 60.7 Å². The van der Waals surface area contributed by atoms with Crippen LogP contribution in [-0.2, 0) is 32.1 Å². The summed E-state index contributed by atoms with van der Waals surface area (Å²) >= 11 is 0. The Labute approximate surface area is 211 Å². The predicted octanol–water partition coefficient (Wildman–Crippen LogP) is 2.79. The summed E-state index contributed by atoms with van der Waals surface area (Å²) in [6.45, 7) is 3.95. The summed E-state index contributed by atoms with van der Waals surface area (Å²) in [5, 5.41) is 9.86. The number of aliphatic carboxylic acids is 1. The highest BCUT2D eigenvalue weighted by atomic mass is 16.6. The molecule has 1 saturated heterocycles. The number of likely N-dealkylation sites (tertiary alicyclic amines) is 1. The third kappa shape index (κ3) is 6.21. The molecular formula is C27H33N3O6. The van der Waals surface area contributed by atoms with Crippen LogP contribution in [0.3, 0.4) is 0 Å². The molecule has 1 heterocycles. The maximum absolute atomic E-state index is 13.4. The summed E-state index contributed by atoms with van der Waals surface area (Å²) in [6, 6.07) is 15.7. The van der Waals surface area contributed by atoms with Crippen molar-refractivity contribution in [1.29, 1.82) is 0 Å². The molecule has 3 amide bonds. The molecule has 0 bridgehead atoms. The average molecular weight is 496 g/mol. The zero-order chi connectivity index (χ0) is 26.2. The minimum atomic E-state index is -1.10. The van der Waals surface area contributed by atoms with Crippen LogP contribution in [0.2, 0.25) is 0 Å². The molecule has 2 aromatic carbocycles. The van der Waals surface area contributed by atoms with Crippen molar-refractivity contribution in [2.24, 2.45) is 0 Å². The molecule has 0 spiro atoms. The van der Waals surface area contributed by atoms with E-state index < -0.39 is 36.1 Å². The third-order valence-corrected chi connectivity index (χ3v) is 6.58. The number of carbonyl (C=O) groups excluding carboxylic acids is 3. The molecule has 36 heavy (non-hydrogen) atoms. The maximum atomic E-state index is 13.4. The number of carboxylic acids is 1. The molecule has 0 saturated carbocycles. The molecule has 1 N–H and O–H groups in total. The third-order valence-electron chi connectivity index (χ3n) is 6.58. The fraction of sp³-hybridized carbons (Fsp3) is 0.407. The van der Waals surface area contributed by atoms with Crippen molar-refractivity contribution in [1.82, 2.24) is 14.7 Å². The second-order valence-corrected chi connectivity index (χ2v) is 8.83. The lowest BCUT2D eigenvalue weighted by atomic mass is 9.97. The molecule has 0 aliphatic carbocycles. The number of likely N-dealkylation sites (N-methyl/N-ethyl adjacent to an activating group) is 2. The Morgan fingerprint density at radius 2 is 1.61 bits per heavy atom. The van der Waals surface area contributed by atoms with Gasteiger partial charge in [-0.15, -0.1) is 0 Å². The van der Waals surface area contributed by atoms with E-state index in [9.17, 15) is 24.3 Å². The Hall–Kier alpha value is -3.88. The number of amides is 3. The summed E-state index contributed by atoms with van der Waals surface area (Å²) in [7, 11) is 1.48. The molecule has 3 atom stereocenters. The van der Waals surface area contributed by atoms with Crippen LogP contribution in [0.5, 0.6) is 0 Å². The normalized spacial score (nSPS) is 16.3. The van der Waals surface area contributed by atoms with Gasteiger partial charge in [-0.05, 0) is 31.4 Å². The Bertz CT molecular complexity index is 1060. The van der Waals surface area contributed by atoms with E-state index in [1.54, 1.807) is 13.8 Å². The van der Waals surface area contributed by atoms with Crippen molar-refractivity contribution >= 4 is 23.9 Å². The van der Waals surface area contributed by atoms with Gasteiger partial charge in [-0.25, -0.2) is 9.59 Å². The quantitative estimate of drug-likeness (QED) is 0.543. The Morgan fingerprint density at radius 3 is 2.11 bits per heavy atom. The minimum absolute atomic E-state index is 0.0825. The SMILES string of the molecule is CCN(C(=O)[C@@H]1CCN1C(=O)[C@H](C)N(C)C(=O)OCc1ccccc1)[C@@H](Cc1ccccc1)C(=O)O. The minimum Gasteiger partial charge on any atom is -0.480 e. The summed E-state index contributed by atoms with van der Waals surface area (Å²) in [5.74, 6) is -1.88. The second-order valence-electron chi connectivity index (χ2n) is 8.83. The predicted molar refractivity (Wildman–Crippen MR) is 133 cm³/mol. The summed E-state index contributed by atoms with van der Waals surface area (Å²) in [4.78, 5) is 55.0. The van der Waals surface area contributed by atoms with Crippen molar-refractivity contribution in [3.05, 3.63) is 71.8 Å². The van der Waals surface area contributed by atoms with Crippen molar-refractivity contribution < 1.29 is 29.0 Å². The van der Waals surface area contributed by atoms with Gasteiger partial charge in [-0.2, -0.15) is 0 Å². The first-order valence-corrected chi connectivity index (χ1v) is 12.1. The summed E-state index contributed by atoms with van der Waals surface area (Å²) in [6.07, 6.45) is -0.0386. The van der Waals surface area contributed by atoms with Crippen molar-refractivity contribution in [2.45, 2.75) is 51.4 Å². The maximum Gasteiger partial charge on any atom is 0.410 e. The van der Waals surface area contributed by atoms with E-state index in [0.717, 1.165) is 11.1 Å². The molecule has 9 nitrogen and oxygen atoms in total. The van der Waals surface area contributed by atoms with Gasteiger partial charge in [0, 0.05) is 26.6 Å². The van der Waals surface area contributed by atoms with E-state index >= 15 is 0 Å². The standard InChI is InChI=1S/C27H33N3O6/c1-4-29(23(26(33)34)17-20-11-7-5-8-12-20)25(32)22-15-16-30(22)24(31)19(2)28(3)27(35)36-18-21-13-9-6-10-14-21/h5-14,19,22-23H,4,15-18H2,1-3H3,(H,33,34)/t19-,22-,23-/m0/s1. The van der Waals surface area contributed by atoms with Crippen LogP contribution in [-0.4, -0.2) is 81.9 Å². The van der Waals surface area contributed by atoms with Gasteiger partial charge in [0.1, 0.15) is 24.7 Å². The van der Waals surface area contributed by atoms with Gasteiger partial charge < -0.3 is 19.6 Å². The topological polar surface area (TPSA) is 107 Å². The van der Waals surface area contributed by atoms with E-state index in [2.05, 4.69) is 0 Å². The van der Waals surface area contributed by atoms with Gasteiger partial charge in [-0.1, -0.05) is 60.7 Å². The zero-order valence-electron chi connectivity index (χ0n) is 20.9. The first kappa shape index (κ1) is 26.7. The zero-order valence-corrected chi connectivity index (χ0v) is 20.9. The number of nitrogens with zero attached hydrogens (tertiary/aromatic N) is 3. The van der Waals surface area contributed by atoms with Gasteiger partial charge in [0.15, 0.2) is 0 Å². The number of hydrogen-bond donors (Lipinski definition) is 1. The van der Waals surface area contributed by atoms with Gasteiger partial charge in [-0.3, -0.25) is 14.5 Å². The van der Waals surface area contributed by atoms with E-state index in [1.807, 2.05) is 60.7 Å². The lowest BCUT2D eigenvalue weighted by molar-refractivity contribution is -0.160. The van der Waals surface area contributed by atoms with Crippen molar-refractivity contribution in [3.8, 4) is 0 Å². The molecule has 1 fully saturated rings. The molecule has 2 aromatic rings. The Kier molecular flexibility index (Phi) is 9.05. The fourth-order valence-corrected chi connectivity index (χ4v) is 4.18. The van der Waals surface area contributed by atoms with Gasteiger partial charge in [0.2, 0.25) is 11.8 Å². The summed E-state index contributed by atoms with van der Waals surface area (Å²) < 4.78 is 5.31. The van der Waals surface area contributed by atoms with E-state index in [0.29, 0.717) is 13.0 Å².